The summed E-state index contributed by atoms with van der Waals surface area (Å²) in [6, 6.07) is 8.77. The van der Waals surface area contributed by atoms with Crippen molar-refractivity contribution in [2.24, 2.45) is 10.8 Å². The Morgan fingerprint density at radius 2 is 1.86 bits per heavy atom. The molecular formula is C19H19FN4O4S. The lowest BCUT2D eigenvalue weighted by molar-refractivity contribution is -0.119. The first-order chi connectivity index (χ1) is 13.6. The highest BCUT2D eigenvalue weighted by atomic mass is 32.2. The lowest BCUT2D eigenvalue weighted by atomic mass is 10.1. The number of hydrogen-bond donors (Lipinski definition) is 2. The van der Waals surface area contributed by atoms with Crippen molar-refractivity contribution < 1.29 is 22.4 Å². The van der Waals surface area contributed by atoms with Crippen LogP contribution >= 0.6 is 0 Å². The number of halogens is 1. The van der Waals surface area contributed by atoms with Gasteiger partial charge in [0.2, 0.25) is 5.91 Å². The first-order valence-corrected chi connectivity index (χ1v) is 10.5. The Kier molecular flexibility index (Phi) is 5.38. The first-order valence-electron chi connectivity index (χ1n) is 8.60. The van der Waals surface area contributed by atoms with Crippen LogP contribution in [-0.4, -0.2) is 38.2 Å². The Labute approximate surface area is 167 Å². The van der Waals surface area contributed by atoms with Crippen molar-refractivity contribution in [2.45, 2.75) is 24.3 Å². The summed E-state index contributed by atoms with van der Waals surface area (Å²) in [5, 5.41) is 8.09. The van der Waals surface area contributed by atoms with Gasteiger partial charge in [-0.1, -0.05) is 6.07 Å². The molecule has 3 N–H and O–H groups in total. The molecule has 0 radical (unpaired) electrons. The number of nitrogens with one attached hydrogen (secondary N) is 1. The van der Waals surface area contributed by atoms with E-state index in [-0.39, 0.29) is 17.0 Å². The summed E-state index contributed by atoms with van der Waals surface area (Å²) in [5.41, 5.74) is 6.86. The number of nitrogens with two attached hydrogens (primary N) is 1. The third kappa shape index (κ3) is 4.43. The predicted molar refractivity (Wildman–Crippen MR) is 107 cm³/mol. The van der Waals surface area contributed by atoms with Gasteiger partial charge in [0.05, 0.1) is 10.6 Å². The van der Waals surface area contributed by atoms with Gasteiger partial charge in [0.15, 0.2) is 9.84 Å². The van der Waals surface area contributed by atoms with Gasteiger partial charge in [0, 0.05) is 18.4 Å². The smallest absolute Gasteiger partial charge is 0.271 e. The number of carbonyl (C=O) groups is 2. The Morgan fingerprint density at radius 3 is 2.45 bits per heavy atom. The van der Waals surface area contributed by atoms with Crippen LogP contribution in [0.5, 0.6) is 0 Å². The quantitative estimate of drug-likeness (QED) is 0.764. The maximum absolute atomic E-state index is 13.2. The standard InChI is InChI=1S/C19H19FN4O4S/c1-11-3-8-14(29(2,27)28)9-15(11)22-19(26)16-10-17(18(21)25)24(23-16)13-6-4-12(20)5-7-13/h3-9,17H,10H2,1-2H3,(H2,21,25)(H,22,26)/t17-/m0/s1. The third-order valence-corrected chi connectivity index (χ3v) is 5.59. The molecule has 2 aromatic rings. The molecule has 1 atom stereocenters. The molecule has 0 aliphatic carbocycles. The highest BCUT2D eigenvalue weighted by Gasteiger charge is 2.35. The van der Waals surface area contributed by atoms with E-state index >= 15 is 0 Å². The molecule has 0 saturated heterocycles. The van der Waals surface area contributed by atoms with E-state index in [1.807, 2.05) is 0 Å². The molecule has 1 heterocycles. The molecule has 0 aromatic heterocycles. The van der Waals surface area contributed by atoms with Crippen molar-refractivity contribution in [2.75, 3.05) is 16.6 Å². The van der Waals surface area contributed by atoms with Gasteiger partial charge in [-0.25, -0.2) is 12.8 Å². The van der Waals surface area contributed by atoms with Crippen LogP contribution in [0.1, 0.15) is 12.0 Å². The number of rotatable bonds is 5. The summed E-state index contributed by atoms with van der Waals surface area (Å²) in [5.74, 6) is -1.72. The summed E-state index contributed by atoms with van der Waals surface area (Å²) in [4.78, 5) is 24.6. The summed E-state index contributed by atoms with van der Waals surface area (Å²) in [7, 11) is -3.45. The van der Waals surface area contributed by atoms with E-state index < -0.39 is 33.5 Å². The van der Waals surface area contributed by atoms with E-state index in [9.17, 15) is 22.4 Å². The van der Waals surface area contributed by atoms with Crippen molar-refractivity contribution in [3.05, 3.63) is 53.8 Å². The third-order valence-electron chi connectivity index (χ3n) is 4.48. The molecular weight excluding hydrogens is 399 g/mol. The van der Waals surface area contributed by atoms with E-state index in [1.54, 1.807) is 13.0 Å². The molecule has 29 heavy (non-hydrogen) atoms. The average Bonchev–Trinajstić information content (AvgIpc) is 3.09. The second-order valence-electron chi connectivity index (χ2n) is 6.69. The van der Waals surface area contributed by atoms with Crippen molar-refractivity contribution in [3.63, 3.8) is 0 Å². The Bertz CT molecular complexity index is 1110. The molecule has 0 spiro atoms. The van der Waals surface area contributed by atoms with Gasteiger partial charge in [0.1, 0.15) is 17.6 Å². The van der Waals surface area contributed by atoms with E-state index in [4.69, 9.17) is 5.73 Å². The number of sulfone groups is 1. The molecule has 0 saturated carbocycles. The number of aryl methyl sites for hydroxylation is 1. The number of benzene rings is 2. The summed E-state index contributed by atoms with van der Waals surface area (Å²) < 4.78 is 36.7. The maximum Gasteiger partial charge on any atom is 0.271 e. The van der Waals surface area contributed by atoms with Crippen molar-refractivity contribution in [1.29, 1.82) is 0 Å². The van der Waals surface area contributed by atoms with Crippen LogP contribution in [0.25, 0.3) is 0 Å². The van der Waals surface area contributed by atoms with Gasteiger partial charge >= 0.3 is 0 Å². The van der Waals surface area contributed by atoms with E-state index in [1.165, 1.54) is 41.4 Å². The van der Waals surface area contributed by atoms with Crippen LogP contribution in [0.15, 0.2) is 52.5 Å². The van der Waals surface area contributed by atoms with Gasteiger partial charge in [-0.05, 0) is 48.9 Å². The molecule has 2 aromatic carbocycles. The van der Waals surface area contributed by atoms with Crippen LogP contribution in [0.3, 0.4) is 0 Å². The zero-order valence-corrected chi connectivity index (χ0v) is 16.5. The maximum atomic E-state index is 13.2. The Morgan fingerprint density at radius 1 is 1.21 bits per heavy atom. The summed E-state index contributed by atoms with van der Waals surface area (Å²) in [6.07, 6.45) is 1.03. The Balaban J connectivity index is 1.88. The van der Waals surface area contributed by atoms with Crippen LogP contribution < -0.4 is 16.1 Å². The zero-order chi connectivity index (χ0) is 21.3. The molecule has 1 aliphatic heterocycles. The first kappa shape index (κ1) is 20.5. The van der Waals surface area contributed by atoms with Gasteiger partial charge < -0.3 is 11.1 Å². The van der Waals surface area contributed by atoms with Crippen LogP contribution in [0, 0.1) is 12.7 Å². The number of hydrazone groups is 1. The molecule has 152 valence electrons. The van der Waals surface area contributed by atoms with Crippen LogP contribution in [0.2, 0.25) is 0 Å². The molecule has 0 bridgehead atoms. The normalized spacial score (nSPS) is 16.4. The van der Waals surface area contributed by atoms with Crippen LogP contribution in [0.4, 0.5) is 15.8 Å². The number of amides is 2. The minimum absolute atomic E-state index is 0.0383. The van der Waals surface area contributed by atoms with Gasteiger partial charge in [-0.2, -0.15) is 5.10 Å². The van der Waals surface area contributed by atoms with Crippen molar-refractivity contribution in [1.82, 2.24) is 0 Å². The largest absolute Gasteiger partial charge is 0.368 e. The highest BCUT2D eigenvalue weighted by Crippen LogP contribution is 2.26. The SMILES string of the molecule is Cc1ccc(S(C)(=O)=O)cc1NC(=O)C1=NN(c2ccc(F)cc2)[C@H](C(N)=O)C1. The second kappa shape index (κ2) is 7.63. The Hall–Kier alpha value is -3.27. The lowest BCUT2D eigenvalue weighted by Crippen LogP contribution is -2.39. The van der Waals surface area contributed by atoms with Gasteiger partial charge in [-0.15, -0.1) is 0 Å². The van der Waals surface area contributed by atoms with E-state index in [0.717, 1.165) is 6.26 Å². The van der Waals surface area contributed by atoms with Crippen LogP contribution in [-0.2, 0) is 19.4 Å². The molecule has 3 rings (SSSR count). The minimum Gasteiger partial charge on any atom is -0.368 e. The minimum atomic E-state index is -3.45. The monoisotopic (exact) mass is 418 g/mol. The fourth-order valence-electron chi connectivity index (χ4n) is 2.86. The van der Waals surface area contributed by atoms with Gasteiger partial charge in [-0.3, -0.25) is 14.6 Å². The van der Waals surface area contributed by atoms with Crippen molar-refractivity contribution >= 4 is 38.7 Å². The fourth-order valence-corrected chi connectivity index (χ4v) is 3.51. The molecule has 0 fully saturated rings. The summed E-state index contributed by atoms with van der Waals surface area (Å²) >= 11 is 0. The highest BCUT2D eigenvalue weighted by molar-refractivity contribution is 7.90. The van der Waals surface area contributed by atoms with Crippen molar-refractivity contribution in [3.8, 4) is 0 Å². The van der Waals surface area contributed by atoms with E-state index in [0.29, 0.717) is 16.9 Å². The topological polar surface area (TPSA) is 122 Å². The molecule has 8 nitrogen and oxygen atoms in total. The number of hydrogen-bond acceptors (Lipinski definition) is 6. The summed E-state index contributed by atoms with van der Waals surface area (Å²) in [6.45, 7) is 1.72. The number of primary amides is 1. The number of nitrogens with zero attached hydrogens (tertiary/aromatic N) is 2. The molecule has 10 heteroatoms. The lowest BCUT2D eigenvalue weighted by Gasteiger charge is -2.20. The van der Waals surface area contributed by atoms with E-state index in [2.05, 4.69) is 10.4 Å². The second-order valence-corrected chi connectivity index (χ2v) is 8.71. The zero-order valence-electron chi connectivity index (χ0n) is 15.7. The predicted octanol–water partition coefficient (Wildman–Crippen LogP) is 1.60. The average molecular weight is 418 g/mol. The fraction of sp³-hybridized carbons (Fsp3) is 0.211. The molecule has 1 aliphatic rings. The van der Waals surface area contributed by atoms with Gasteiger partial charge in [0.25, 0.3) is 5.91 Å². The number of carbonyl (C=O) groups excluding carboxylic acids is 2. The number of anilines is 2. The molecule has 0 unspecified atom stereocenters. The molecule has 2 amide bonds.